The second kappa shape index (κ2) is 9.40. The molecule has 2 atom stereocenters. The summed E-state index contributed by atoms with van der Waals surface area (Å²) in [5.41, 5.74) is 1.74. The molecule has 1 fully saturated rings. The third-order valence-electron chi connectivity index (χ3n) is 5.58. The molecule has 0 saturated heterocycles. The zero-order valence-electron chi connectivity index (χ0n) is 18.4. The minimum absolute atomic E-state index is 0.105. The largest absolute Gasteiger partial charge is 0.444 e. The summed E-state index contributed by atoms with van der Waals surface area (Å²) in [6.45, 7) is 7.57. The van der Waals surface area contributed by atoms with Gasteiger partial charge in [0.05, 0.1) is 6.61 Å². The normalized spacial score (nSPS) is 20.6. The summed E-state index contributed by atoms with van der Waals surface area (Å²) < 4.78 is 11.5. The van der Waals surface area contributed by atoms with Crippen LogP contribution in [0.5, 0.6) is 0 Å². The molecule has 2 aromatic carbocycles. The van der Waals surface area contributed by atoms with Crippen LogP contribution >= 0.6 is 11.6 Å². The predicted octanol–water partition coefficient (Wildman–Crippen LogP) is 6.07. The number of hydrogen-bond donors (Lipinski definition) is 0. The Morgan fingerprint density at radius 2 is 1.90 bits per heavy atom. The number of carbonyl (C=O) groups is 1. The van der Waals surface area contributed by atoms with Crippen molar-refractivity contribution in [3.8, 4) is 0 Å². The van der Waals surface area contributed by atoms with Crippen LogP contribution < -0.4 is 0 Å². The first kappa shape index (κ1) is 22.6. The maximum Gasteiger partial charge on any atom is 0.410 e. The van der Waals surface area contributed by atoms with Crippen molar-refractivity contribution in [1.82, 2.24) is 4.90 Å². The number of benzene rings is 2. The zero-order chi connectivity index (χ0) is 21.8. The summed E-state index contributed by atoms with van der Waals surface area (Å²) >= 11 is 6.28. The monoisotopic (exact) mass is 429 g/mol. The number of ether oxygens (including phenoxy) is 2. The molecule has 162 valence electrons. The Morgan fingerprint density at radius 3 is 2.57 bits per heavy atom. The highest BCUT2D eigenvalue weighted by Crippen LogP contribution is 2.56. The van der Waals surface area contributed by atoms with Gasteiger partial charge in [-0.1, -0.05) is 54.1 Å². The number of carbonyl (C=O) groups excluding carboxylic acids is 1. The average Bonchev–Trinajstić information content (AvgIpc) is 3.38. The van der Waals surface area contributed by atoms with Crippen LogP contribution in [0.2, 0.25) is 5.02 Å². The van der Waals surface area contributed by atoms with E-state index in [0.717, 1.165) is 17.9 Å². The molecule has 30 heavy (non-hydrogen) atoms. The van der Waals surface area contributed by atoms with Gasteiger partial charge in [0.2, 0.25) is 0 Å². The SMILES string of the molecule is CN(C[C@]1(c2cccc(Cl)c2)C[C@@H]1CCOCc1ccccc1)C(=O)OC(C)(C)C. The van der Waals surface area contributed by atoms with Crippen LogP contribution in [-0.2, 0) is 21.5 Å². The van der Waals surface area contributed by atoms with Gasteiger partial charge in [0.15, 0.2) is 0 Å². The lowest BCUT2D eigenvalue weighted by molar-refractivity contribution is 0.0278. The van der Waals surface area contributed by atoms with E-state index in [1.165, 1.54) is 11.1 Å². The first-order valence-corrected chi connectivity index (χ1v) is 10.9. The van der Waals surface area contributed by atoms with Crippen LogP contribution in [0.25, 0.3) is 0 Å². The van der Waals surface area contributed by atoms with Gasteiger partial charge in [-0.05, 0) is 62.8 Å². The summed E-state index contributed by atoms with van der Waals surface area (Å²) in [4.78, 5) is 14.2. The highest BCUT2D eigenvalue weighted by Gasteiger charge is 2.55. The van der Waals surface area contributed by atoms with Gasteiger partial charge in [-0.15, -0.1) is 0 Å². The topological polar surface area (TPSA) is 38.8 Å². The van der Waals surface area contributed by atoms with Gasteiger partial charge in [-0.25, -0.2) is 4.79 Å². The van der Waals surface area contributed by atoms with Gasteiger partial charge in [0, 0.05) is 30.6 Å². The maximum atomic E-state index is 12.5. The van der Waals surface area contributed by atoms with E-state index in [1.807, 2.05) is 64.2 Å². The summed E-state index contributed by atoms with van der Waals surface area (Å²) in [6.07, 6.45) is 1.66. The molecule has 0 aliphatic heterocycles. The zero-order valence-corrected chi connectivity index (χ0v) is 19.1. The van der Waals surface area contributed by atoms with E-state index in [4.69, 9.17) is 21.1 Å². The lowest BCUT2D eigenvalue weighted by atomic mass is 9.91. The van der Waals surface area contributed by atoms with Crippen molar-refractivity contribution in [2.45, 2.75) is 51.2 Å². The van der Waals surface area contributed by atoms with E-state index in [0.29, 0.717) is 25.7 Å². The Labute approximate surface area is 185 Å². The van der Waals surface area contributed by atoms with E-state index in [-0.39, 0.29) is 11.5 Å². The van der Waals surface area contributed by atoms with E-state index < -0.39 is 5.60 Å². The summed E-state index contributed by atoms with van der Waals surface area (Å²) in [5.74, 6) is 0.441. The predicted molar refractivity (Wildman–Crippen MR) is 121 cm³/mol. The van der Waals surface area contributed by atoms with E-state index in [9.17, 15) is 4.79 Å². The molecule has 0 spiro atoms. The second-order valence-corrected chi connectivity index (χ2v) is 9.67. The summed E-state index contributed by atoms with van der Waals surface area (Å²) in [6, 6.07) is 18.2. The highest BCUT2D eigenvalue weighted by atomic mass is 35.5. The van der Waals surface area contributed by atoms with Crippen LogP contribution in [-0.4, -0.2) is 36.8 Å². The van der Waals surface area contributed by atoms with Gasteiger partial charge in [-0.3, -0.25) is 0 Å². The Morgan fingerprint density at radius 1 is 1.17 bits per heavy atom. The van der Waals surface area contributed by atoms with Crippen LogP contribution in [0.3, 0.4) is 0 Å². The molecule has 2 aromatic rings. The molecule has 0 bridgehead atoms. The van der Waals surface area contributed by atoms with Crippen molar-refractivity contribution in [1.29, 1.82) is 0 Å². The quantitative estimate of drug-likeness (QED) is 0.478. The summed E-state index contributed by atoms with van der Waals surface area (Å²) in [7, 11) is 1.81. The molecule has 1 saturated carbocycles. The van der Waals surface area contributed by atoms with Gasteiger partial charge in [-0.2, -0.15) is 0 Å². The lowest BCUT2D eigenvalue weighted by Crippen LogP contribution is -2.39. The Bertz CT molecular complexity index is 849. The molecule has 1 amide bonds. The van der Waals surface area contributed by atoms with Crippen molar-refractivity contribution in [3.63, 3.8) is 0 Å². The molecule has 0 N–H and O–H groups in total. The van der Waals surface area contributed by atoms with E-state index in [2.05, 4.69) is 18.2 Å². The van der Waals surface area contributed by atoms with Gasteiger partial charge in [0.25, 0.3) is 0 Å². The van der Waals surface area contributed by atoms with Gasteiger partial charge in [0.1, 0.15) is 5.60 Å². The molecule has 5 heteroatoms. The molecule has 3 rings (SSSR count). The molecule has 4 nitrogen and oxygen atoms in total. The van der Waals surface area contributed by atoms with Crippen molar-refractivity contribution in [2.24, 2.45) is 5.92 Å². The standard InChI is InChI=1S/C25H32ClNO3/c1-24(2,3)30-23(28)27(4)18-25(20-11-8-12-22(26)15-20)16-21(25)13-14-29-17-19-9-6-5-7-10-19/h5-12,15,21H,13-14,16-18H2,1-4H3/t21-,25-/m0/s1. The second-order valence-electron chi connectivity index (χ2n) is 9.23. The van der Waals surface area contributed by atoms with Crippen molar-refractivity contribution >= 4 is 17.7 Å². The van der Waals surface area contributed by atoms with E-state index >= 15 is 0 Å². The van der Waals surface area contributed by atoms with Crippen molar-refractivity contribution in [3.05, 3.63) is 70.7 Å². The molecule has 0 unspecified atom stereocenters. The number of amides is 1. The Balaban J connectivity index is 1.63. The minimum Gasteiger partial charge on any atom is -0.444 e. The van der Waals surface area contributed by atoms with Crippen LogP contribution in [0.15, 0.2) is 54.6 Å². The fourth-order valence-corrected chi connectivity index (χ4v) is 4.20. The van der Waals surface area contributed by atoms with Crippen molar-refractivity contribution in [2.75, 3.05) is 20.2 Å². The number of likely N-dealkylation sites (N-methyl/N-ethyl adjacent to an activating group) is 1. The number of halogens is 1. The summed E-state index contributed by atoms with van der Waals surface area (Å²) in [5, 5.41) is 0.720. The number of rotatable bonds is 8. The molecule has 1 aliphatic carbocycles. The smallest absolute Gasteiger partial charge is 0.410 e. The molecular formula is C25H32ClNO3. The molecule has 0 heterocycles. The fourth-order valence-electron chi connectivity index (χ4n) is 4.01. The minimum atomic E-state index is -0.511. The van der Waals surface area contributed by atoms with Crippen LogP contribution in [0.1, 0.15) is 44.7 Å². The molecule has 1 aliphatic rings. The van der Waals surface area contributed by atoms with E-state index in [1.54, 1.807) is 4.90 Å². The fraction of sp³-hybridized carbons (Fsp3) is 0.480. The maximum absolute atomic E-state index is 12.5. The average molecular weight is 430 g/mol. The third kappa shape index (κ3) is 5.99. The number of hydrogen-bond acceptors (Lipinski definition) is 3. The molecule has 0 radical (unpaired) electrons. The first-order valence-electron chi connectivity index (χ1n) is 10.5. The van der Waals surface area contributed by atoms with Gasteiger partial charge < -0.3 is 14.4 Å². The van der Waals surface area contributed by atoms with Gasteiger partial charge >= 0.3 is 6.09 Å². The third-order valence-corrected chi connectivity index (χ3v) is 5.81. The first-order chi connectivity index (χ1) is 14.2. The highest BCUT2D eigenvalue weighted by molar-refractivity contribution is 6.30. The Kier molecular flexibility index (Phi) is 7.10. The van der Waals surface area contributed by atoms with Crippen LogP contribution in [0.4, 0.5) is 4.79 Å². The Hall–Kier alpha value is -2.04. The number of nitrogens with zero attached hydrogens (tertiary/aromatic N) is 1. The lowest BCUT2D eigenvalue weighted by Gasteiger charge is -2.29. The van der Waals surface area contributed by atoms with Crippen molar-refractivity contribution < 1.29 is 14.3 Å². The van der Waals surface area contributed by atoms with Crippen LogP contribution in [0, 0.1) is 5.92 Å². The molecule has 0 aromatic heterocycles. The molecular weight excluding hydrogens is 398 g/mol.